The first-order chi connectivity index (χ1) is 15.9. The molecule has 0 radical (unpaired) electrons. The van der Waals surface area contributed by atoms with E-state index in [1.807, 2.05) is 74.5 Å². The van der Waals surface area contributed by atoms with Crippen molar-refractivity contribution in [2.75, 3.05) is 6.61 Å². The van der Waals surface area contributed by atoms with E-state index in [1.165, 1.54) is 0 Å². The average molecular weight is 448 g/mol. The first-order valence-corrected chi connectivity index (χ1v) is 11.2. The van der Waals surface area contributed by atoms with Crippen LogP contribution >= 0.6 is 0 Å². The summed E-state index contributed by atoms with van der Waals surface area (Å²) in [5.41, 5.74) is 1.39. The molecule has 1 heterocycles. The van der Waals surface area contributed by atoms with Crippen LogP contribution < -0.4 is 15.4 Å². The van der Waals surface area contributed by atoms with Gasteiger partial charge in [-0.2, -0.15) is 0 Å². The minimum absolute atomic E-state index is 0.0513. The summed E-state index contributed by atoms with van der Waals surface area (Å²) >= 11 is 0. The van der Waals surface area contributed by atoms with Crippen molar-refractivity contribution in [2.24, 2.45) is 0 Å². The van der Waals surface area contributed by atoms with Crippen LogP contribution in [0.25, 0.3) is 10.9 Å². The van der Waals surface area contributed by atoms with E-state index in [9.17, 15) is 9.59 Å². The third-order valence-corrected chi connectivity index (χ3v) is 5.66. The first-order valence-electron chi connectivity index (χ1n) is 11.2. The third-order valence-electron chi connectivity index (χ3n) is 5.66. The predicted octanol–water partition coefficient (Wildman–Crippen LogP) is 4.31. The van der Waals surface area contributed by atoms with Gasteiger partial charge < -0.3 is 20.1 Å². The van der Waals surface area contributed by atoms with Crippen molar-refractivity contribution in [3.8, 4) is 5.75 Å². The highest BCUT2D eigenvalue weighted by atomic mass is 16.5. The van der Waals surface area contributed by atoms with Gasteiger partial charge in [0.15, 0.2) is 0 Å². The Labute approximate surface area is 193 Å². The minimum atomic E-state index is -1.12. The van der Waals surface area contributed by atoms with Gasteiger partial charge in [0.25, 0.3) is 0 Å². The molecule has 2 atom stereocenters. The van der Waals surface area contributed by atoms with Crippen LogP contribution in [0.4, 0.5) is 4.79 Å². The van der Waals surface area contributed by atoms with Crippen molar-refractivity contribution in [2.45, 2.75) is 51.3 Å². The van der Waals surface area contributed by atoms with E-state index < -0.39 is 17.5 Å². The number of ether oxygens (including phenoxy) is 2. The Hall–Kier alpha value is -3.61. The van der Waals surface area contributed by atoms with Crippen LogP contribution in [-0.2, 0) is 16.1 Å². The monoisotopic (exact) mass is 447 g/mol. The van der Waals surface area contributed by atoms with E-state index in [0.29, 0.717) is 18.8 Å². The zero-order valence-electron chi connectivity index (χ0n) is 19.1. The molecule has 1 aliphatic carbocycles. The fourth-order valence-corrected chi connectivity index (χ4v) is 3.98. The normalized spacial score (nSPS) is 19.2. The van der Waals surface area contributed by atoms with Crippen molar-refractivity contribution in [1.82, 2.24) is 15.6 Å². The summed E-state index contributed by atoms with van der Waals surface area (Å²) in [6.07, 6.45) is 0.433. The number of para-hydroxylation sites is 1. The maximum atomic E-state index is 12.8. The Bertz CT molecular complexity index is 1150. The van der Waals surface area contributed by atoms with Crippen LogP contribution in [0.2, 0.25) is 0 Å². The summed E-state index contributed by atoms with van der Waals surface area (Å²) in [6.45, 7) is 6.15. The van der Waals surface area contributed by atoms with Crippen molar-refractivity contribution in [3.63, 3.8) is 0 Å². The number of nitrogens with one attached hydrogen (secondary N) is 2. The second-order valence-corrected chi connectivity index (χ2v) is 8.54. The summed E-state index contributed by atoms with van der Waals surface area (Å²) < 4.78 is 11.4. The number of rotatable bonds is 8. The topological polar surface area (TPSA) is 89.5 Å². The smallest absolute Gasteiger partial charge is 0.332 e. The Morgan fingerprint density at radius 1 is 1.09 bits per heavy atom. The van der Waals surface area contributed by atoms with Crippen molar-refractivity contribution in [3.05, 3.63) is 71.9 Å². The highest BCUT2D eigenvalue weighted by Gasteiger charge is 2.64. The summed E-state index contributed by atoms with van der Waals surface area (Å²) in [5, 5.41) is 6.57. The highest BCUT2D eigenvalue weighted by Crippen LogP contribution is 2.52. The number of benzene rings is 2. The van der Waals surface area contributed by atoms with E-state index in [0.717, 1.165) is 22.2 Å². The molecule has 7 nitrogen and oxygen atoms in total. The summed E-state index contributed by atoms with van der Waals surface area (Å²) in [7, 11) is 0. The molecule has 4 rings (SSSR count). The number of amides is 2. The van der Waals surface area contributed by atoms with Crippen LogP contribution in [0.1, 0.15) is 44.4 Å². The van der Waals surface area contributed by atoms with Gasteiger partial charge in [-0.3, -0.25) is 0 Å². The minimum Gasteiger partial charge on any atom is -0.487 e. The molecule has 1 aromatic heterocycles. The van der Waals surface area contributed by atoms with Crippen LogP contribution in [0.3, 0.4) is 0 Å². The lowest BCUT2D eigenvalue weighted by Crippen LogP contribution is -2.51. The molecule has 2 unspecified atom stereocenters. The fraction of sp³-hybridized carbons (Fsp3) is 0.346. The Morgan fingerprint density at radius 2 is 1.88 bits per heavy atom. The molecule has 7 heteroatoms. The Kier molecular flexibility index (Phi) is 6.49. The third kappa shape index (κ3) is 4.92. The van der Waals surface area contributed by atoms with E-state index in [-0.39, 0.29) is 18.6 Å². The van der Waals surface area contributed by atoms with Crippen LogP contribution in [-0.4, -0.2) is 35.2 Å². The summed E-state index contributed by atoms with van der Waals surface area (Å²) in [4.78, 5) is 30.1. The molecule has 0 saturated heterocycles. The number of urea groups is 1. The van der Waals surface area contributed by atoms with Crippen molar-refractivity contribution < 1.29 is 19.1 Å². The SMILES string of the molecule is CCOC(=O)C1(NC(=O)NC(C)C)CC1c1ccc2cccc(OCc3ccccc3)c2n1. The largest absolute Gasteiger partial charge is 0.487 e. The quantitative estimate of drug-likeness (QED) is 0.502. The molecular weight excluding hydrogens is 418 g/mol. The summed E-state index contributed by atoms with van der Waals surface area (Å²) in [6, 6.07) is 19.2. The molecule has 1 saturated carbocycles. The molecule has 3 aromatic rings. The van der Waals surface area contributed by atoms with Crippen molar-refractivity contribution in [1.29, 1.82) is 0 Å². The van der Waals surface area contributed by atoms with Gasteiger partial charge in [0.1, 0.15) is 23.4 Å². The number of pyridine rings is 1. The van der Waals surface area contributed by atoms with Gasteiger partial charge in [0, 0.05) is 23.0 Å². The second kappa shape index (κ2) is 9.48. The number of esters is 1. The average Bonchev–Trinajstić information content (AvgIpc) is 3.52. The molecule has 2 aromatic carbocycles. The number of hydrogen-bond acceptors (Lipinski definition) is 5. The van der Waals surface area contributed by atoms with Crippen LogP contribution in [0, 0.1) is 0 Å². The Morgan fingerprint density at radius 3 is 2.61 bits per heavy atom. The zero-order chi connectivity index (χ0) is 23.4. The fourth-order valence-electron chi connectivity index (χ4n) is 3.98. The van der Waals surface area contributed by atoms with Gasteiger partial charge in [0.2, 0.25) is 0 Å². The van der Waals surface area contributed by atoms with Crippen LogP contribution in [0.15, 0.2) is 60.7 Å². The molecule has 2 amide bonds. The molecule has 2 N–H and O–H groups in total. The predicted molar refractivity (Wildman–Crippen MR) is 126 cm³/mol. The maximum Gasteiger partial charge on any atom is 0.332 e. The number of nitrogens with zero attached hydrogens (tertiary/aromatic N) is 1. The van der Waals surface area contributed by atoms with Gasteiger partial charge in [-0.25, -0.2) is 14.6 Å². The number of aromatic nitrogens is 1. The molecule has 0 aliphatic heterocycles. The van der Waals surface area contributed by atoms with Crippen LogP contribution in [0.5, 0.6) is 5.75 Å². The highest BCUT2D eigenvalue weighted by molar-refractivity contribution is 5.93. The van der Waals surface area contributed by atoms with Gasteiger partial charge in [-0.15, -0.1) is 0 Å². The first kappa shape index (κ1) is 22.6. The molecule has 0 spiro atoms. The van der Waals surface area contributed by atoms with E-state index >= 15 is 0 Å². The number of carbonyl (C=O) groups is 2. The van der Waals surface area contributed by atoms with E-state index in [2.05, 4.69) is 10.6 Å². The number of hydrogen-bond donors (Lipinski definition) is 2. The lowest BCUT2D eigenvalue weighted by Gasteiger charge is -2.19. The second-order valence-electron chi connectivity index (χ2n) is 8.54. The summed E-state index contributed by atoms with van der Waals surface area (Å²) in [5.74, 6) is -0.0449. The maximum absolute atomic E-state index is 12.8. The molecule has 1 fully saturated rings. The molecule has 0 bridgehead atoms. The number of fused-ring (bicyclic) bond motifs is 1. The number of carbonyl (C=O) groups excluding carboxylic acids is 2. The molecule has 1 aliphatic rings. The lowest BCUT2D eigenvalue weighted by atomic mass is 10.1. The van der Waals surface area contributed by atoms with Crippen molar-refractivity contribution >= 4 is 22.9 Å². The van der Waals surface area contributed by atoms with Gasteiger partial charge in [-0.05, 0) is 44.9 Å². The Balaban J connectivity index is 1.60. The van der Waals surface area contributed by atoms with E-state index in [1.54, 1.807) is 6.92 Å². The zero-order valence-corrected chi connectivity index (χ0v) is 19.1. The van der Waals surface area contributed by atoms with Gasteiger partial charge in [0.05, 0.1) is 6.61 Å². The molecule has 172 valence electrons. The molecule has 33 heavy (non-hydrogen) atoms. The van der Waals surface area contributed by atoms with Gasteiger partial charge >= 0.3 is 12.0 Å². The molecular formula is C26H29N3O4. The van der Waals surface area contributed by atoms with E-state index in [4.69, 9.17) is 14.5 Å². The van der Waals surface area contributed by atoms with Gasteiger partial charge in [-0.1, -0.05) is 48.5 Å². The standard InChI is InChI=1S/C26H29N3O4/c1-4-32-24(30)26(29-25(31)27-17(2)3)15-20(26)21-14-13-19-11-8-12-22(23(19)28-21)33-16-18-9-6-5-7-10-18/h5-14,17,20H,4,15-16H2,1-3H3,(H2,27,29,31). The lowest BCUT2D eigenvalue weighted by molar-refractivity contribution is -0.146.